The van der Waals surface area contributed by atoms with Crippen LogP contribution in [-0.2, 0) is 0 Å². The summed E-state index contributed by atoms with van der Waals surface area (Å²) in [5.41, 5.74) is 1.45. The summed E-state index contributed by atoms with van der Waals surface area (Å²) in [7, 11) is 0. The van der Waals surface area contributed by atoms with Gasteiger partial charge in [-0.3, -0.25) is 4.79 Å². The predicted molar refractivity (Wildman–Crippen MR) is 65.4 cm³/mol. The van der Waals surface area contributed by atoms with Gasteiger partial charge >= 0.3 is 0 Å². The monoisotopic (exact) mass is 229 g/mol. The van der Waals surface area contributed by atoms with E-state index in [1.165, 1.54) is 0 Å². The molecule has 0 aromatic heterocycles. The van der Waals surface area contributed by atoms with E-state index in [0.29, 0.717) is 17.5 Å². The molecule has 1 aromatic rings. The van der Waals surface area contributed by atoms with Gasteiger partial charge in [0.15, 0.2) is 0 Å². The number of rotatable bonds is 2. The van der Waals surface area contributed by atoms with E-state index < -0.39 is 0 Å². The second-order valence-corrected chi connectivity index (χ2v) is 4.33. The van der Waals surface area contributed by atoms with Gasteiger partial charge in [-0.1, -0.05) is 18.8 Å². The molecule has 2 rings (SSSR count). The molecule has 2 unspecified atom stereocenters. The number of aliphatic hydroxyl groups excluding tert-OH is 1. The van der Waals surface area contributed by atoms with E-state index in [2.05, 4.69) is 24.1 Å². The molecule has 2 atom stereocenters. The lowest BCUT2D eigenvalue weighted by Crippen LogP contribution is -2.26. The Morgan fingerprint density at radius 3 is 2.65 bits per heavy atom. The van der Waals surface area contributed by atoms with Gasteiger partial charge < -0.3 is 10.4 Å². The molecule has 1 aromatic carbocycles. The van der Waals surface area contributed by atoms with Crippen LogP contribution in [0.3, 0.4) is 0 Å². The minimum Gasteiger partial charge on any atom is -0.384 e. The van der Waals surface area contributed by atoms with Gasteiger partial charge in [-0.25, -0.2) is 0 Å². The van der Waals surface area contributed by atoms with Crippen molar-refractivity contribution >= 4 is 5.91 Å². The molecular formula is C14H15NO2. The Kier molecular flexibility index (Phi) is 3.46. The van der Waals surface area contributed by atoms with Gasteiger partial charge in [-0.15, -0.1) is 0 Å². The molecule has 1 fully saturated rings. The lowest BCUT2D eigenvalue weighted by atomic mass is 10.1. The van der Waals surface area contributed by atoms with Gasteiger partial charge in [0.05, 0.1) is 0 Å². The highest BCUT2D eigenvalue weighted by molar-refractivity contribution is 5.94. The largest absolute Gasteiger partial charge is 0.384 e. The number of benzene rings is 1. The molecular weight excluding hydrogens is 214 g/mol. The molecule has 0 spiro atoms. The highest BCUT2D eigenvalue weighted by atomic mass is 16.2. The number of hydrogen-bond acceptors (Lipinski definition) is 2. The summed E-state index contributed by atoms with van der Waals surface area (Å²) in [6.07, 6.45) is 1.08. The highest BCUT2D eigenvalue weighted by Gasteiger charge is 2.33. The second kappa shape index (κ2) is 5.03. The van der Waals surface area contributed by atoms with Crippen LogP contribution in [0.5, 0.6) is 0 Å². The van der Waals surface area contributed by atoms with Gasteiger partial charge in [0, 0.05) is 17.2 Å². The highest BCUT2D eigenvalue weighted by Crippen LogP contribution is 2.29. The Morgan fingerprint density at radius 1 is 1.47 bits per heavy atom. The Hall–Kier alpha value is -1.79. The Balaban J connectivity index is 1.99. The van der Waals surface area contributed by atoms with Gasteiger partial charge in [0.1, 0.15) is 6.61 Å². The van der Waals surface area contributed by atoms with Crippen LogP contribution >= 0.6 is 0 Å². The molecule has 1 amide bonds. The van der Waals surface area contributed by atoms with Crippen molar-refractivity contribution < 1.29 is 9.90 Å². The number of carbonyl (C=O) groups is 1. The zero-order valence-corrected chi connectivity index (χ0v) is 9.73. The summed E-state index contributed by atoms with van der Waals surface area (Å²) in [6, 6.07) is 7.42. The maximum absolute atomic E-state index is 11.8. The van der Waals surface area contributed by atoms with E-state index in [4.69, 9.17) is 5.11 Å². The van der Waals surface area contributed by atoms with E-state index >= 15 is 0 Å². The van der Waals surface area contributed by atoms with Crippen molar-refractivity contribution in [3.63, 3.8) is 0 Å². The smallest absolute Gasteiger partial charge is 0.251 e. The minimum absolute atomic E-state index is 0.0268. The quantitative estimate of drug-likeness (QED) is 0.748. The van der Waals surface area contributed by atoms with E-state index in [1.54, 1.807) is 24.3 Å². The number of amides is 1. The van der Waals surface area contributed by atoms with Crippen molar-refractivity contribution in [2.75, 3.05) is 6.61 Å². The van der Waals surface area contributed by atoms with E-state index in [-0.39, 0.29) is 12.5 Å². The summed E-state index contributed by atoms with van der Waals surface area (Å²) < 4.78 is 0. The fraction of sp³-hybridized carbons (Fsp3) is 0.357. The van der Waals surface area contributed by atoms with Crippen LogP contribution in [0.15, 0.2) is 24.3 Å². The van der Waals surface area contributed by atoms with Crippen LogP contribution in [-0.4, -0.2) is 23.7 Å². The van der Waals surface area contributed by atoms with E-state index in [0.717, 1.165) is 12.0 Å². The third-order valence-corrected chi connectivity index (χ3v) is 2.88. The van der Waals surface area contributed by atoms with Crippen LogP contribution in [0.2, 0.25) is 0 Å². The molecule has 1 saturated carbocycles. The standard InChI is InChI=1S/C14H15NO2/c1-10-9-13(10)15-14(17)12-6-4-11(5-7-12)3-2-8-16/h4-7,10,13,16H,8-9H2,1H3,(H,15,17). The Morgan fingerprint density at radius 2 is 2.12 bits per heavy atom. The first kappa shape index (κ1) is 11.7. The summed E-state index contributed by atoms with van der Waals surface area (Å²) in [4.78, 5) is 11.8. The van der Waals surface area contributed by atoms with E-state index in [9.17, 15) is 4.79 Å². The van der Waals surface area contributed by atoms with Crippen LogP contribution in [0.4, 0.5) is 0 Å². The molecule has 0 radical (unpaired) electrons. The van der Waals surface area contributed by atoms with E-state index in [1.807, 2.05) is 0 Å². The van der Waals surface area contributed by atoms with Crippen molar-refractivity contribution in [1.29, 1.82) is 0 Å². The van der Waals surface area contributed by atoms with Crippen LogP contribution < -0.4 is 5.32 Å². The molecule has 17 heavy (non-hydrogen) atoms. The third-order valence-electron chi connectivity index (χ3n) is 2.88. The van der Waals surface area contributed by atoms with Crippen molar-refractivity contribution in [2.45, 2.75) is 19.4 Å². The molecule has 0 bridgehead atoms. The van der Waals surface area contributed by atoms with Gasteiger partial charge in [0.25, 0.3) is 5.91 Å². The fourth-order valence-corrected chi connectivity index (χ4v) is 1.62. The zero-order chi connectivity index (χ0) is 12.3. The summed E-state index contributed by atoms with van der Waals surface area (Å²) in [6.45, 7) is 1.97. The first-order valence-electron chi connectivity index (χ1n) is 5.71. The summed E-state index contributed by atoms with van der Waals surface area (Å²) in [5.74, 6) is 5.93. The summed E-state index contributed by atoms with van der Waals surface area (Å²) in [5, 5.41) is 11.5. The number of nitrogens with one attached hydrogen (secondary N) is 1. The molecule has 3 nitrogen and oxygen atoms in total. The van der Waals surface area contributed by atoms with Gasteiger partial charge in [-0.2, -0.15) is 0 Å². The van der Waals surface area contributed by atoms with Crippen molar-refractivity contribution in [2.24, 2.45) is 5.92 Å². The van der Waals surface area contributed by atoms with Crippen LogP contribution in [0, 0.1) is 17.8 Å². The average Bonchev–Trinajstić information content (AvgIpc) is 3.03. The molecule has 1 aliphatic carbocycles. The summed E-state index contributed by atoms with van der Waals surface area (Å²) >= 11 is 0. The zero-order valence-electron chi connectivity index (χ0n) is 9.73. The van der Waals surface area contributed by atoms with Gasteiger partial charge in [-0.05, 0) is 36.6 Å². The van der Waals surface area contributed by atoms with Crippen molar-refractivity contribution in [3.8, 4) is 11.8 Å². The predicted octanol–water partition coefficient (Wildman–Crippen LogP) is 1.17. The Labute approximate surface area is 101 Å². The molecule has 88 valence electrons. The maximum Gasteiger partial charge on any atom is 0.251 e. The molecule has 0 heterocycles. The molecule has 0 saturated heterocycles. The molecule has 0 aliphatic heterocycles. The fourth-order valence-electron chi connectivity index (χ4n) is 1.62. The number of hydrogen-bond donors (Lipinski definition) is 2. The molecule has 2 N–H and O–H groups in total. The van der Waals surface area contributed by atoms with Crippen LogP contribution in [0.25, 0.3) is 0 Å². The second-order valence-electron chi connectivity index (χ2n) is 4.33. The number of aliphatic hydroxyl groups is 1. The van der Waals surface area contributed by atoms with Crippen LogP contribution in [0.1, 0.15) is 29.3 Å². The first-order valence-corrected chi connectivity index (χ1v) is 5.71. The first-order chi connectivity index (χ1) is 8.20. The maximum atomic E-state index is 11.8. The van der Waals surface area contributed by atoms with Crippen molar-refractivity contribution in [1.82, 2.24) is 5.32 Å². The molecule has 1 aliphatic rings. The number of carbonyl (C=O) groups excluding carboxylic acids is 1. The SMILES string of the molecule is CC1CC1NC(=O)c1ccc(C#CCO)cc1. The van der Waals surface area contributed by atoms with Crippen molar-refractivity contribution in [3.05, 3.63) is 35.4 Å². The third kappa shape index (κ3) is 3.08. The topological polar surface area (TPSA) is 49.3 Å². The van der Waals surface area contributed by atoms with Gasteiger partial charge in [0.2, 0.25) is 0 Å². The minimum atomic E-state index is -0.151. The molecule has 3 heteroatoms. The lowest BCUT2D eigenvalue weighted by Gasteiger charge is -2.03. The average molecular weight is 229 g/mol. The Bertz CT molecular complexity index is 467. The lowest BCUT2D eigenvalue weighted by molar-refractivity contribution is 0.0949. The normalized spacial score (nSPS) is 21.3.